The van der Waals surface area contributed by atoms with Crippen LogP contribution < -0.4 is 2.89 Å². The van der Waals surface area contributed by atoms with E-state index in [4.69, 9.17) is 0 Å². The van der Waals surface area contributed by atoms with Crippen LogP contribution in [-0.4, -0.2) is 18.4 Å². The molecule has 0 spiro atoms. The second kappa shape index (κ2) is 30.8. The average Bonchev–Trinajstić information content (AvgIpc) is 3.93. The van der Waals surface area contributed by atoms with Crippen LogP contribution in [0.1, 0.15) is 232 Å². The number of rotatable bonds is 31. The van der Waals surface area contributed by atoms with Gasteiger partial charge in [-0.2, -0.15) is 0 Å². The molecule has 5 rings (SSSR count). The molecule has 352 valence electrons. The van der Waals surface area contributed by atoms with Crippen LogP contribution in [0.15, 0.2) is 60.7 Å². The minimum atomic E-state index is -2.37. The van der Waals surface area contributed by atoms with Crippen molar-refractivity contribution in [2.45, 2.75) is 228 Å². The van der Waals surface area contributed by atoms with Crippen LogP contribution in [0.5, 0.6) is 0 Å². The van der Waals surface area contributed by atoms with Crippen molar-refractivity contribution in [3.8, 4) is 23.7 Å². The van der Waals surface area contributed by atoms with Gasteiger partial charge in [0.15, 0.2) is 0 Å². The summed E-state index contributed by atoms with van der Waals surface area (Å²) in [7, 11) is 0. The Balaban J connectivity index is 1.12. The van der Waals surface area contributed by atoms with Crippen LogP contribution in [-0.2, 0) is 12.8 Å². The third kappa shape index (κ3) is 19.6. The summed E-state index contributed by atoms with van der Waals surface area (Å²) in [5.74, 6) is 14.7. The summed E-state index contributed by atoms with van der Waals surface area (Å²) in [6, 6.07) is 23.1. The second-order valence-corrected chi connectivity index (χ2v) is 38.3. The van der Waals surface area contributed by atoms with Crippen molar-refractivity contribution in [1.82, 2.24) is 0 Å². The number of thiophene rings is 2. The summed E-state index contributed by atoms with van der Waals surface area (Å²) in [5.41, 5.74) is 7.47. The molecule has 0 aliphatic carbocycles. The van der Waals surface area contributed by atoms with E-state index in [1.807, 2.05) is 22.7 Å². The normalized spacial score (nSPS) is 11.6. The molecule has 0 nitrogen and oxygen atoms in total. The number of benzene rings is 3. The molecule has 0 amide bonds. The predicted octanol–water partition coefficient (Wildman–Crippen LogP) is 19.8. The third-order valence-electron chi connectivity index (χ3n) is 13.5. The Bertz CT molecular complexity index is 2050. The van der Waals surface area contributed by atoms with E-state index in [0.717, 1.165) is 11.1 Å². The predicted molar refractivity (Wildman–Crippen MR) is 298 cm³/mol. The summed E-state index contributed by atoms with van der Waals surface area (Å²) >= 11 is 1.51. The molecule has 0 unspecified atom stereocenters. The standard InChI is InChI=1S/C59H79S2.3CH3.Sn/c1-4-6-8-10-12-14-16-18-20-22-24-26-28-30-32-50-34-38-52(39-35-50)42-44-54-56-46-47-60-58(56)55(57-48-49(3)61-59(54)57)45-43-53-40-36-51(37-41-53)33-31-29-27-25-23-21-19-17-15-13-11-9-7-5-2;;;;/h34-41,46,48H,4-33H2,1-3H3;3*1H3;. The van der Waals surface area contributed by atoms with Gasteiger partial charge in [0, 0.05) is 0 Å². The van der Waals surface area contributed by atoms with E-state index < -0.39 is 18.4 Å². The topological polar surface area (TPSA) is 0 Å². The Labute approximate surface area is 411 Å². The van der Waals surface area contributed by atoms with E-state index in [1.54, 1.807) is 2.89 Å². The monoisotopic (exact) mass is 1020 g/mol. The third-order valence-corrected chi connectivity index (χ3v) is 25.2. The summed E-state index contributed by atoms with van der Waals surface area (Å²) in [5, 5.41) is 2.58. The molecule has 2 aromatic heterocycles. The molecule has 3 heteroatoms. The number of hydrogen-bond acceptors (Lipinski definition) is 2. The average molecular weight is 1020 g/mol. The van der Waals surface area contributed by atoms with Crippen LogP contribution in [0.3, 0.4) is 0 Å². The Hall–Kier alpha value is -2.50. The molecule has 5 aromatic rings. The Morgan fingerprint density at radius 1 is 0.385 bits per heavy atom. The van der Waals surface area contributed by atoms with Gasteiger partial charge in [0.2, 0.25) is 0 Å². The molecule has 65 heavy (non-hydrogen) atoms. The van der Waals surface area contributed by atoms with E-state index in [1.165, 1.54) is 240 Å². The molecule has 0 bridgehead atoms. The first kappa shape index (κ1) is 53.5. The summed E-state index contributed by atoms with van der Waals surface area (Å²) in [6.07, 6.45) is 41.7. The van der Waals surface area contributed by atoms with Crippen molar-refractivity contribution in [2.24, 2.45) is 0 Å². The molecule has 2 heterocycles. The fraction of sp³-hybridized carbons (Fsp3) is 0.581. The molecule has 0 N–H and O–H groups in total. The van der Waals surface area contributed by atoms with Crippen LogP contribution in [0.4, 0.5) is 0 Å². The molecular formula is C62H88S2Sn. The first-order valence-electron chi connectivity index (χ1n) is 27.0. The van der Waals surface area contributed by atoms with Gasteiger partial charge in [-0.05, 0) is 0 Å². The van der Waals surface area contributed by atoms with E-state index in [9.17, 15) is 0 Å². The SMILES string of the molecule is CCCCCCCCCCCCCCCCc1ccc(C#Cc2c3c[c]([Sn]([CH3])([CH3])[CH3])sc3c(C#Cc3ccc(CCCCCCCCCCCCCCCC)cc3)c3cc(C)sc23)cc1. The van der Waals surface area contributed by atoms with Crippen molar-refractivity contribution in [3.05, 3.63) is 98.9 Å². The number of aryl methyl sites for hydroxylation is 3. The van der Waals surface area contributed by atoms with Gasteiger partial charge in [-0.3, -0.25) is 0 Å². The van der Waals surface area contributed by atoms with Crippen LogP contribution in [0.2, 0.25) is 14.8 Å². The Morgan fingerprint density at radius 3 is 1.06 bits per heavy atom. The van der Waals surface area contributed by atoms with E-state index in [2.05, 4.69) is 120 Å². The van der Waals surface area contributed by atoms with E-state index in [0.29, 0.717) is 0 Å². The van der Waals surface area contributed by atoms with Gasteiger partial charge in [-0.25, -0.2) is 0 Å². The molecule has 0 aliphatic rings. The van der Waals surface area contributed by atoms with Gasteiger partial charge in [0.25, 0.3) is 0 Å². The molecule has 0 saturated heterocycles. The van der Waals surface area contributed by atoms with Crippen molar-refractivity contribution < 1.29 is 0 Å². The van der Waals surface area contributed by atoms with E-state index >= 15 is 0 Å². The first-order chi connectivity index (χ1) is 31.8. The Kier molecular flexibility index (Phi) is 25.3. The van der Waals surface area contributed by atoms with Crippen LogP contribution in [0.25, 0.3) is 20.2 Å². The fourth-order valence-electron chi connectivity index (χ4n) is 9.34. The van der Waals surface area contributed by atoms with Crippen molar-refractivity contribution in [2.75, 3.05) is 0 Å². The van der Waals surface area contributed by atoms with Gasteiger partial charge >= 0.3 is 234 Å². The molecule has 0 fully saturated rings. The maximum absolute atomic E-state index is 3.74. The maximum atomic E-state index is 3.74. The number of hydrogen-bond donors (Lipinski definition) is 0. The molecule has 0 atom stereocenters. The molecule has 0 saturated carbocycles. The Morgan fingerprint density at radius 2 is 0.708 bits per heavy atom. The van der Waals surface area contributed by atoms with Crippen LogP contribution in [0, 0.1) is 30.6 Å². The van der Waals surface area contributed by atoms with Crippen molar-refractivity contribution >= 4 is 64.1 Å². The van der Waals surface area contributed by atoms with Crippen LogP contribution >= 0.6 is 22.7 Å². The fourth-order valence-corrected chi connectivity index (χ4v) is 16.7. The minimum absolute atomic E-state index is 1.10. The zero-order valence-electron chi connectivity index (χ0n) is 42.3. The van der Waals surface area contributed by atoms with Crippen molar-refractivity contribution in [3.63, 3.8) is 0 Å². The van der Waals surface area contributed by atoms with Gasteiger partial charge < -0.3 is 0 Å². The number of fused-ring (bicyclic) bond motifs is 2. The molecule has 0 radical (unpaired) electrons. The molecule has 3 aromatic carbocycles. The van der Waals surface area contributed by atoms with Gasteiger partial charge in [0.05, 0.1) is 0 Å². The van der Waals surface area contributed by atoms with Crippen molar-refractivity contribution in [1.29, 1.82) is 0 Å². The van der Waals surface area contributed by atoms with Gasteiger partial charge in [-0.1, -0.05) is 181 Å². The zero-order chi connectivity index (χ0) is 46.0. The van der Waals surface area contributed by atoms with Gasteiger partial charge in [-0.15, -0.1) is 0 Å². The number of unbranched alkanes of at least 4 members (excludes halogenated alkanes) is 26. The summed E-state index contributed by atoms with van der Waals surface area (Å²) in [4.78, 5) is 8.91. The van der Waals surface area contributed by atoms with E-state index in [-0.39, 0.29) is 0 Å². The quantitative estimate of drug-likeness (QED) is 0.0236. The molecule has 0 aliphatic heterocycles. The zero-order valence-corrected chi connectivity index (χ0v) is 46.8. The first-order valence-corrected chi connectivity index (χ1v) is 38.6. The summed E-state index contributed by atoms with van der Waals surface area (Å²) < 4.78 is 4.21. The molecular weight excluding hydrogens is 928 g/mol. The van der Waals surface area contributed by atoms with Gasteiger partial charge in [0.1, 0.15) is 0 Å². The summed E-state index contributed by atoms with van der Waals surface area (Å²) in [6.45, 7) is 6.84. The second-order valence-electron chi connectivity index (χ2n) is 20.5.